The van der Waals surface area contributed by atoms with Crippen LogP contribution in [0.25, 0.3) is 17.3 Å². The van der Waals surface area contributed by atoms with Crippen LogP contribution >= 0.6 is 0 Å². The van der Waals surface area contributed by atoms with Gasteiger partial charge >= 0.3 is 6.18 Å². The third-order valence-electron chi connectivity index (χ3n) is 7.51. The molecule has 2 aliphatic rings. The summed E-state index contributed by atoms with van der Waals surface area (Å²) in [5, 5.41) is 6.21. The van der Waals surface area contributed by atoms with E-state index in [1.165, 1.54) is 12.1 Å². The molecule has 4 aromatic rings. The molecule has 0 radical (unpaired) electrons. The molecular weight excluding hydrogens is 541 g/mol. The summed E-state index contributed by atoms with van der Waals surface area (Å²) in [5.41, 5.74) is 5.68. The topological polar surface area (TPSA) is 73.4 Å². The summed E-state index contributed by atoms with van der Waals surface area (Å²) in [6, 6.07) is 15.8. The van der Waals surface area contributed by atoms with E-state index in [0.29, 0.717) is 12.0 Å². The highest BCUT2D eigenvalue weighted by atomic mass is 19.4. The number of fused-ring (bicyclic) bond motifs is 1. The van der Waals surface area contributed by atoms with Crippen molar-refractivity contribution in [2.75, 3.05) is 48.8 Å². The van der Waals surface area contributed by atoms with E-state index in [1.807, 2.05) is 30.3 Å². The molecule has 0 saturated carbocycles. The quantitative estimate of drug-likeness (QED) is 0.277. The lowest BCUT2D eigenvalue weighted by Crippen LogP contribution is -2.44. The van der Waals surface area contributed by atoms with E-state index in [2.05, 4.69) is 38.5 Å². The predicted molar refractivity (Wildman–Crippen MR) is 159 cm³/mol. The van der Waals surface area contributed by atoms with Gasteiger partial charge in [-0.15, -0.1) is 0 Å². The van der Waals surface area contributed by atoms with Crippen LogP contribution in [0.15, 0.2) is 79.1 Å². The number of anilines is 4. The van der Waals surface area contributed by atoms with Gasteiger partial charge in [-0.25, -0.2) is 0 Å². The number of likely N-dealkylation sites (N-methyl/N-ethyl adjacent to an activating group) is 1. The first-order valence-electron chi connectivity index (χ1n) is 13.7. The van der Waals surface area contributed by atoms with Crippen molar-refractivity contribution in [3.63, 3.8) is 0 Å². The summed E-state index contributed by atoms with van der Waals surface area (Å²) in [5.74, 6) is -0.502. The molecule has 0 bridgehead atoms. The fraction of sp³-hybridized carbons (Fsp3) is 0.219. The average Bonchev–Trinajstić information content (AvgIpc) is 3.47. The number of allylic oxidation sites excluding steroid dienone is 1. The molecule has 2 aromatic carbocycles. The summed E-state index contributed by atoms with van der Waals surface area (Å²) in [6.45, 7) is 3.43. The van der Waals surface area contributed by atoms with E-state index < -0.39 is 17.6 Å². The largest absolute Gasteiger partial charge is 0.416 e. The highest BCUT2D eigenvalue weighted by molar-refractivity contribution is 6.05. The second kappa shape index (κ2) is 11.3. The number of hydrogen-bond donors (Lipinski definition) is 2. The highest BCUT2D eigenvalue weighted by Crippen LogP contribution is 2.37. The number of halogens is 3. The summed E-state index contributed by atoms with van der Waals surface area (Å²) >= 11 is 0. The number of hydrogen-bond acceptors (Lipinski definition) is 6. The average molecular weight is 571 g/mol. The standard InChI is InChI=1S/C32H29F3N6O/c1-40-13-15-41(16-14-40)30-11-10-21(31(42)37-24-7-2-6-23(18-24)32(33,34)35)17-29(30)39-28-19-27(22-5-4-12-36-20-22)38-26-9-3-8-25(26)28/h2-8,10-12,17-20H,9,13-16H2,1H3,(H,37,42)(H,38,39). The van der Waals surface area contributed by atoms with Crippen LogP contribution in [0.2, 0.25) is 0 Å². The Morgan fingerprint density at radius 2 is 1.79 bits per heavy atom. The maximum absolute atomic E-state index is 13.3. The molecule has 42 heavy (non-hydrogen) atoms. The number of nitrogens with one attached hydrogen (secondary N) is 2. The number of alkyl halides is 3. The third kappa shape index (κ3) is 5.84. The zero-order valence-corrected chi connectivity index (χ0v) is 22.9. The molecule has 1 saturated heterocycles. The van der Waals surface area contributed by atoms with Crippen molar-refractivity contribution >= 4 is 34.7 Å². The lowest BCUT2D eigenvalue weighted by molar-refractivity contribution is -0.137. The van der Waals surface area contributed by atoms with E-state index in [9.17, 15) is 18.0 Å². The van der Waals surface area contributed by atoms with E-state index in [4.69, 9.17) is 4.98 Å². The Morgan fingerprint density at radius 3 is 2.55 bits per heavy atom. The van der Waals surface area contributed by atoms with Crippen molar-refractivity contribution in [2.24, 2.45) is 0 Å². The van der Waals surface area contributed by atoms with Gasteiger partial charge in [0.1, 0.15) is 0 Å². The van der Waals surface area contributed by atoms with Crippen LogP contribution in [0.3, 0.4) is 0 Å². The van der Waals surface area contributed by atoms with Gasteiger partial charge in [-0.2, -0.15) is 13.2 Å². The summed E-state index contributed by atoms with van der Waals surface area (Å²) in [4.78, 5) is 26.9. The van der Waals surface area contributed by atoms with Gasteiger partial charge in [0.25, 0.3) is 5.91 Å². The number of nitrogens with zero attached hydrogens (tertiary/aromatic N) is 4. The lowest BCUT2D eigenvalue weighted by atomic mass is 10.1. The van der Waals surface area contributed by atoms with Crippen molar-refractivity contribution in [3.05, 3.63) is 102 Å². The van der Waals surface area contributed by atoms with Crippen LogP contribution in [0.4, 0.5) is 35.9 Å². The second-order valence-electron chi connectivity index (χ2n) is 10.4. The molecule has 0 unspecified atom stereocenters. The third-order valence-corrected chi connectivity index (χ3v) is 7.51. The minimum atomic E-state index is -4.50. The van der Waals surface area contributed by atoms with Crippen molar-refractivity contribution in [2.45, 2.75) is 12.6 Å². The monoisotopic (exact) mass is 570 g/mol. The minimum Gasteiger partial charge on any atom is -0.367 e. The minimum absolute atomic E-state index is 0.0747. The Bertz CT molecular complexity index is 1650. The van der Waals surface area contributed by atoms with Gasteiger partial charge in [-0.1, -0.05) is 18.2 Å². The van der Waals surface area contributed by atoms with E-state index >= 15 is 0 Å². The van der Waals surface area contributed by atoms with Crippen LogP contribution in [0, 0.1) is 0 Å². The van der Waals surface area contributed by atoms with Crippen LogP contribution in [0.5, 0.6) is 0 Å². The van der Waals surface area contributed by atoms with Crippen molar-refractivity contribution in [3.8, 4) is 11.3 Å². The first-order valence-corrected chi connectivity index (χ1v) is 13.7. The first-order chi connectivity index (χ1) is 20.2. The zero-order chi connectivity index (χ0) is 29.3. The number of aromatic nitrogens is 2. The summed E-state index contributed by atoms with van der Waals surface area (Å²) in [7, 11) is 2.09. The second-order valence-corrected chi connectivity index (χ2v) is 10.4. The number of piperazine rings is 1. The molecule has 1 fully saturated rings. The lowest BCUT2D eigenvalue weighted by Gasteiger charge is -2.35. The molecule has 2 N–H and O–H groups in total. The molecule has 7 nitrogen and oxygen atoms in total. The van der Waals surface area contributed by atoms with Gasteiger partial charge in [-0.3, -0.25) is 14.8 Å². The number of pyridine rings is 2. The molecular formula is C32H29F3N6O. The Balaban J connectivity index is 1.36. The highest BCUT2D eigenvalue weighted by Gasteiger charge is 2.30. The summed E-state index contributed by atoms with van der Waals surface area (Å²) < 4.78 is 39.7. The van der Waals surface area contributed by atoms with Crippen molar-refractivity contribution in [1.29, 1.82) is 0 Å². The van der Waals surface area contributed by atoms with E-state index in [1.54, 1.807) is 24.5 Å². The van der Waals surface area contributed by atoms with Gasteiger partial charge in [-0.05, 0) is 61.6 Å². The van der Waals surface area contributed by atoms with Crippen LogP contribution in [-0.4, -0.2) is 54.0 Å². The molecule has 2 aromatic heterocycles. The SMILES string of the molecule is CN1CCN(c2ccc(C(=O)Nc3cccc(C(F)(F)F)c3)cc2Nc2cc(-c3cccnc3)nc3c2C=CC3)CC1. The molecule has 1 aliphatic carbocycles. The molecule has 1 amide bonds. The normalized spacial score (nSPS) is 15.0. The maximum Gasteiger partial charge on any atom is 0.416 e. The fourth-order valence-electron chi connectivity index (χ4n) is 5.23. The van der Waals surface area contributed by atoms with Crippen LogP contribution < -0.4 is 15.5 Å². The van der Waals surface area contributed by atoms with Gasteiger partial charge in [0.15, 0.2) is 0 Å². The van der Waals surface area contributed by atoms with Gasteiger partial charge in [0, 0.05) is 73.1 Å². The first kappa shape index (κ1) is 27.5. The Kier molecular flexibility index (Phi) is 7.38. The van der Waals surface area contributed by atoms with Gasteiger partial charge in [0.05, 0.1) is 28.3 Å². The zero-order valence-electron chi connectivity index (χ0n) is 22.9. The molecule has 0 atom stereocenters. The molecule has 214 valence electrons. The number of benzene rings is 2. The number of carbonyl (C=O) groups excluding carboxylic acids is 1. The maximum atomic E-state index is 13.3. The number of rotatable bonds is 6. The van der Waals surface area contributed by atoms with E-state index in [-0.39, 0.29) is 5.69 Å². The molecule has 3 heterocycles. The van der Waals surface area contributed by atoms with Gasteiger partial charge < -0.3 is 20.4 Å². The molecule has 10 heteroatoms. The summed E-state index contributed by atoms with van der Waals surface area (Å²) in [6.07, 6.45) is 3.80. The predicted octanol–water partition coefficient (Wildman–Crippen LogP) is 6.48. The molecule has 0 spiro atoms. The van der Waals surface area contributed by atoms with Crippen molar-refractivity contribution < 1.29 is 18.0 Å². The molecule has 1 aliphatic heterocycles. The number of carbonyl (C=O) groups is 1. The smallest absolute Gasteiger partial charge is 0.367 e. The fourth-order valence-corrected chi connectivity index (χ4v) is 5.23. The Morgan fingerprint density at radius 1 is 0.952 bits per heavy atom. The number of amides is 1. The Labute approximate surface area is 241 Å². The van der Waals surface area contributed by atoms with Gasteiger partial charge in [0.2, 0.25) is 0 Å². The Hall–Kier alpha value is -4.70. The van der Waals surface area contributed by atoms with Crippen molar-refractivity contribution in [1.82, 2.24) is 14.9 Å². The molecule has 6 rings (SSSR count). The van der Waals surface area contributed by atoms with E-state index in [0.717, 1.165) is 77.9 Å². The van der Waals surface area contributed by atoms with Crippen LogP contribution in [-0.2, 0) is 12.6 Å². The van der Waals surface area contributed by atoms with Crippen LogP contribution in [0.1, 0.15) is 27.2 Å².